The molecule has 0 aliphatic heterocycles. The third kappa shape index (κ3) is 4.14. The first-order valence-corrected chi connectivity index (χ1v) is 10.9. The fraction of sp³-hybridized carbons (Fsp3) is 0.118. The number of halogens is 1. The second kappa shape index (κ2) is 7.84. The smallest absolute Gasteiger partial charge is 0.242 e. The first-order valence-electron chi connectivity index (χ1n) is 8.27. The van der Waals surface area contributed by atoms with Crippen molar-refractivity contribution in [3.8, 4) is 11.3 Å². The van der Waals surface area contributed by atoms with E-state index in [-0.39, 0.29) is 11.4 Å². The molecule has 0 aliphatic carbocycles. The summed E-state index contributed by atoms with van der Waals surface area (Å²) in [5, 5.41) is 8.85. The summed E-state index contributed by atoms with van der Waals surface area (Å²) in [5.74, 6) is 0. The van der Waals surface area contributed by atoms with Crippen molar-refractivity contribution in [1.82, 2.24) is 24.3 Å². The summed E-state index contributed by atoms with van der Waals surface area (Å²) in [7, 11) is -3.56. The summed E-state index contributed by atoms with van der Waals surface area (Å²) >= 11 is 7.30. The van der Waals surface area contributed by atoms with Crippen LogP contribution in [-0.2, 0) is 10.0 Å². The second-order valence-corrected chi connectivity index (χ2v) is 8.94. The summed E-state index contributed by atoms with van der Waals surface area (Å²) in [6.45, 7) is 0.606. The van der Waals surface area contributed by atoms with Gasteiger partial charge in [0, 0.05) is 36.1 Å². The molecule has 28 heavy (non-hydrogen) atoms. The summed E-state index contributed by atoms with van der Waals surface area (Å²) in [5.41, 5.74) is 1.77. The quantitative estimate of drug-likeness (QED) is 0.434. The highest BCUT2D eigenvalue weighted by Gasteiger charge is 2.13. The number of imidazole rings is 1. The molecule has 0 amide bonds. The maximum absolute atomic E-state index is 12.1. The number of anilines is 1. The molecule has 11 heteroatoms. The molecule has 0 spiro atoms. The van der Waals surface area contributed by atoms with E-state index in [9.17, 15) is 8.42 Å². The van der Waals surface area contributed by atoms with Crippen LogP contribution in [0.4, 0.5) is 5.13 Å². The van der Waals surface area contributed by atoms with E-state index in [0.717, 1.165) is 16.2 Å². The van der Waals surface area contributed by atoms with Gasteiger partial charge in [-0.05, 0) is 24.3 Å². The number of hydrogen-bond donors (Lipinski definition) is 2. The van der Waals surface area contributed by atoms with E-state index >= 15 is 0 Å². The maximum Gasteiger partial charge on any atom is 0.242 e. The summed E-state index contributed by atoms with van der Waals surface area (Å²) in [6, 6.07) is 10.5. The Morgan fingerprint density at radius 2 is 1.96 bits per heavy atom. The van der Waals surface area contributed by atoms with Gasteiger partial charge < -0.3 is 5.32 Å². The molecule has 2 N–H and O–H groups in total. The van der Waals surface area contributed by atoms with Crippen LogP contribution < -0.4 is 10.0 Å². The van der Waals surface area contributed by atoms with E-state index < -0.39 is 10.0 Å². The fourth-order valence-electron chi connectivity index (χ4n) is 2.48. The molecule has 4 rings (SSSR count). The predicted molar refractivity (Wildman–Crippen MR) is 109 cm³/mol. The summed E-state index contributed by atoms with van der Waals surface area (Å²) in [6.07, 6.45) is 4.67. The number of aromatic nitrogens is 4. The maximum atomic E-state index is 12.1. The molecule has 0 fully saturated rings. The molecule has 1 aromatic carbocycles. The molecule has 0 saturated carbocycles. The lowest BCUT2D eigenvalue weighted by Gasteiger charge is -2.06. The minimum absolute atomic E-state index is 0.137. The van der Waals surface area contributed by atoms with Gasteiger partial charge >= 0.3 is 0 Å². The SMILES string of the molecule is O=S(=O)(NCCNc1nn2cc(-c3ccc(Cl)cc3)nc2s1)c1cccnc1. The Labute approximate surface area is 170 Å². The molecule has 0 atom stereocenters. The number of benzene rings is 1. The molecule has 0 bridgehead atoms. The molecule has 0 saturated heterocycles. The first kappa shape index (κ1) is 18.8. The lowest BCUT2D eigenvalue weighted by Crippen LogP contribution is -2.29. The van der Waals surface area contributed by atoms with Gasteiger partial charge in [-0.1, -0.05) is 35.1 Å². The lowest BCUT2D eigenvalue weighted by molar-refractivity contribution is 0.582. The van der Waals surface area contributed by atoms with Gasteiger partial charge in [0.25, 0.3) is 0 Å². The number of fused-ring (bicyclic) bond motifs is 1. The molecule has 0 aliphatic rings. The molecular weight excluding hydrogens is 420 g/mol. The highest BCUT2D eigenvalue weighted by Crippen LogP contribution is 2.25. The number of sulfonamides is 1. The topological polar surface area (TPSA) is 101 Å². The molecule has 4 aromatic rings. The minimum atomic E-state index is -3.56. The van der Waals surface area contributed by atoms with E-state index in [4.69, 9.17) is 11.6 Å². The number of nitrogens with one attached hydrogen (secondary N) is 2. The molecule has 0 unspecified atom stereocenters. The zero-order valence-corrected chi connectivity index (χ0v) is 16.8. The van der Waals surface area contributed by atoms with Crippen LogP contribution in [0.2, 0.25) is 5.02 Å². The molecule has 3 heterocycles. The standard InChI is InChI=1S/C17H15ClN6O2S2/c18-13-5-3-12(4-6-13)15-11-24-17(22-15)27-16(23-24)20-8-9-21-28(25,26)14-2-1-7-19-10-14/h1-7,10-11,21H,8-9H2,(H,20,23). The number of rotatable bonds is 7. The fourth-order valence-corrected chi connectivity index (χ4v) is 4.40. The van der Waals surface area contributed by atoms with Crippen LogP contribution in [0.5, 0.6) is 0 Å². The van der Waals surface area contributed by atoms with Gasteiger partial charge in [-0.25, -0.2) is 22.6 Å². The van der Waals surface area contributed by atoms with Gasteiger partial charge in [-0.15, -0.1) is 5.10 Å². The summed E-state index contributed by atoms with van der Waals surface area (Å²) < 4.78 is 28.5. The molecular formula is C17H15ClN6O2S2. The van der Waals surface area contributed by atoms with Crippen molar-refractivity contribution < 1.29 is 8.42 Å². The normalized spacial score (nSPS) is 11.8. The van der Waals surface area contributed by atoms with Gasteiger partial charge in [0.1, 0.15) is 4.90 Å². The van der Waals surface area contributed by atoms with Gasteiger partial charge in [0.05, 0.1) is 11.9 Å². The molecule has 3 aromatic heterocycles. The van der Waals surface area contributed by atoms with Crippen LogP contribution in [0.15, 0.2) is 59.9 Å². The molecule has 0 radical (unpaired) electrons. The third-order valence-corrected chi connectivity index (χ3v) is 6.40. The Morgan fingerprint density at radius 3 is 2.68 bits per heavy atom. The number of hydrogen-bond acceptors (Lipinski definition) is 7. The minimum Gasteiger partial charge on any atom is -0.359 e. The lowest BCUT2D eigenvalue weighted by atomic mass is 10.2. The van der Waals surface area contributed by atoms with Gasteiger partial charge in [0.15, 0.2) is 0 Å². The zero-order valence-electron chi connectivity index (χ0n) is 14.4. The van der Waals surface area contributed by atoms with Crippen LogP contribution >= 0.6 is 22.9 Å². The zero-order chi connectivity index (χ0) is 19.6. The first-order chi connectivity index (χ1) is 13.5. The number of pyridine rings is 1. The Bertz CT molecular complexity index is 1160. The monoisotopic (exact) mass is 434 g/mol. The number of nitrogens with zero attached hydrogens (tertiary/aromatic N) is 4. The third-order valence-electron chi connectivity index (χ3n) is 3.82. The second-order valence-electron chi connectivity index (χ2n) is 5.78. The molecule has 144 valence electrons. The van der Waals surface area contributed by atoms with Gasteiger partial charge in [-0.2, -0.15) is 0 Å². The van der Waals surface area contributed by atoms with Crippen molar-refractivity contribution in [2.24, 2.45) is 0 Å². The van der Waals surface area contributed by atoms with Crippen LogP contribution in [0.1, 0.15) is 0 Å². The van der Waals surface area contributed by atoms with E-state index in [1.807, 2.05) is 30.5 Å². The van der Waals surface area contributed by atoms with Crippen molar-refractivity contribution in [1.29, 1.82) is 0 Å². The van der Waals surface area contributed by atoms with Crippen LogP contribution in [0.3, 0.4) is 0 Å². The van der Waals surface area contributed by atoms with Crippen LogP contribution in [0.25, 0.3) is 16.2 Å². The highest BCUT2D eigenvalue weighted by molar-refractivity contribution is 7.89. The van der Waals surface area contributed by atoms with E-state index in [0.29, 0.717) is 16.7 Å². The van der Waals surface area contributed by atoms with Crippen molar-refractivity contribution in [3.63, 3.8) is 0 Å². The predicted octanol–water partition coefficient (Wildman–Crippen LogP) is 2.90. The van der Waals surface area contributed by atoms with Crippen molar-refractivity contribution in [2.45, 2.75) is 4.90 Å². The average Bonchev–Trinajstić information content (AvgIpc) is 3.25. The van der Waals surface area contributed by atoms with Crippen molar-refractivity contribution in [3.05, 3.63) is 60.0 Å². The highest BCUT2D eigenvalue weighted by atomic mass is 35.5. The van der Waals surface area contributed by atoms with E-state index in [1.165, 1.54) is 29.8 Å². The Hall–Kier alpha value is -2.53. The van der Waals surface area contributed by atoms with Crippen molar-refractivity contribution in [2.75, 3.05) is 18.4 Å². The Morgan fingerprint density at radius 1 is 1.14 bits per heavy atom. The largest absolute Gasteiger partial charge is 0.359 e. The van der Waals surface area contributed by atoms with Crippen LogP contribution in [0, 0.1) is 0 Å². The molecule has 8 nitrogen and oxygen atoms in total. The Kier molecular flexibility index (Phi) is 5.27. The van der Waals surface area contributed by atoms with E-state index in [1.54, 1.807) is 10.6 Å². The Balaban J connectivity index is 1.35. The average molecular weight is 435 g/mol. The van der Waals surface area contributed by atoms with Crippen LogP contribution in [-0.4, -0.2) is 41.1 Å². The van der Waals surface area contributed by atoms with Gasteiger partial charge in [0.2, 0.25) is 20.1 Å². The van der Waals surface area contributed by atoms with E-state index in [2.05, 4.69) is 25.1 Å². The summed E-state index contributed by atoms with van der Waals surface area (Å²) in [4.78, 5) is 9.25. The van der Waals surface area contributed by atoms with Crippen molar-refractivity contribution >= 4 is 43.1 Å². The van der Waals surface area contributed by atoms with Gasteiger partial charge in [-0.3, -0.25) is 4.98 Å².